The third kappa shape index (κ3) is 4.70. The Balaban J connectivity index is 1.64. The Bertz CT molecular complexity index is 1320. The number of fused-ring (bicyclic) bond motifs is 1. The van der Waals surface area contributed by atoms with Crippen molar-refractivity contribution in [2.75, 3.05) is 21.3 Å². The molecule has 1 unspecified atom stereocenters. The molecular weight excluding hydrogens is 448 g/mol. The van der Waals surface area contributed by atoms with Gasteiger partial charge in [-0.15, -0.1) is 0 Å². The fraction of sp³-hybridized carbons (Fsp3) is 0.185. The normalized spacial score (nSPS) is 14.3. The number of rotatable bonds is 7. The van der Waals surface area contributed by atoms with E-state index in [-0.39, 0.29) is 17.9 Å². The lowest BCUT2D eigenvalue weighted by Crippen LogP contribution is -2.21. The van der Waals surface area contributed by atoms with Gasteiger partial charge >= 0.3 is 5.97 Å². The Morgan fingerprint density at radius 2 is 1.71 bits per heavy atom. The molecule has 1 atom stereocenters. The molecule has 1 aliphatic heterocycles. The number of ether oxygens (including phenoxy) is 5. The summed E-state index contributed by atoms with van der Waals surface area (Å²) in [4.78, 5) is 12.5. The first-order valence-corrected chi connectivity index (χ1v) is 10.7. The van der Waals surface area contributed by atoms with E-state index in [0.717, 1.165) is 5.56 Å². The number of methoxy groups -OCH3 is 3. The summed E-state index contributed by atoms with van der Waals surface area (Å²) < 4.78 is 27.4. The van der Waals surface area contributed by atoms with Gasteiger partial charge in [-0.1, -0.05) is 30.3 Å². The van der Waals surface area contributed by atoms with Crippen LogP contribution in [-0.2, 0) is 11.2 Å². The molecule has 0 aliphatic carbocycles. The van der Waals surface area contributed by atoms with E-state index in [2.05, 4.69) is 6.07 Å². The summed E-state index contributed by atoms with van der Waals surface area (Å²) in [7, 11) is 4.66. The number of allylic oxidation sites excluding steroid dienone is 1. The number of nitrogens with two attached hydrogens (primary N) is 1. The van der Waals surface area contributed by atoms with Gasteiger partial charge in [-0.25, -0.2) is 0 Å². The fourth-order valence-corrected chi connectivity index (χ4v) is 4.04. The smallest absolute Gasteiger partial charge is 0.315 e. The lowest BCUT2D eigenvalue weighted by Gasteiger charge is -2.28. The molecule has 1 heterocycles. The number of nitrogens with zero attached hydrogens (tertiary/aromatic N) is 1. The third-order valence-electron chi connectivity index (χ3n) is 5.67. The number of nitriles is 1. The monoisotopic (exact) mass is 472 g/mol. The predicted molar refractivity (Wildman–Crippen MR) is 128 cm³/mol. The number of hydrogen-bond donors (Lipinski definition) is 1. The van der Waals surface area contributed by atoms with Gasteiger partial charge in [0.25, 0.3) is 0 Å². The van der Waals surface area contributed by atoms with Gasteiger partial charge in [-0.3, -0.25) is 4.79 Å². The van der Waals surface area contributed by atoms with Crippen molar-refractivity contribution < 1.29 is 28.5 Å². The quantitative estimate of drug-likeness (QED) is 0.404. The van der Waals surface area contributed by atoms with Gasteiger partial charge in [0.15, 0.2) is 11.5 Å². The molecule has 178 valence electrons. The second-order valence-electron chi connectivity index (χ2n) is 7.71. The number of hydrogen-bond acceptors (Lipinski definition) is 8. The standard InChI is InChI=1S/C27H24N2O6/c1-31-17-9-7-16(8-10-17)13-24(30)34-18-11-12-19-23(14-18)35-27(29)21(15-28)25(19)20-5-4-6-22(32-2)26(20)33-3/h4-12,14,25H,13,29H2,1-3H3. The molecule has 0 saturated carbocycles. The van der Waals surface area contributed by atoms with E-state index in [1.807, 2.05) is 12.1 Å². The van der Waals surface area contributed by atoms with Gasteiger partial charge in [-0.2, -0.15) is 5.26 Å². The van der Waals surface area contributed by atoms with Crippen LogP contribution in [0.1, 0.15) is 22.6 Å². The Labute approximate surface area is 203 Å². The average Bonchev–Trinajstić information content (AvgIpc) is 2.87. The maximum Gasteiger partial charge on any atom is 0.315 e. The molecule has 3 aromatic rings. The van der Waals surface area contributed by atoms with E-state index in [0.29, 0.717) is 39.9 Å². The zero-order chi connectivity index (χ0) is 24.9. The number of para-hydroxylation sites is 1. The Morgan fingerprint density at radius 1 is 0.971 bits per heavy atom. The highest BCUT2D eigenvalue weighted by atomic mass is 16.5. The van der Waals surface area contributed by atoms with Crippen molar-refractivity contribution in [3.8, 4) is 34.8 Å². The van der Waals surface area contributed by atoms with Gasteiger partial charge in [-0.05, 0) is 29.8 Å². The van der Waals surface area contributed by atoms with E-state index in [4.69, 9.17) is 29.4 Å². The molecule has 0 bridgehead atoms. The van der Waals surface area contributed by atoms with E-state index >= 15 is 0 Å². The summed E-state index contributed by atoms with van der Waals surface area (Å²) in [6.07, 6.45) is 0.0895. The van der Waals surface area contributed by atoms with Crippen molar-refractivity contribution in [2.24, 2.45) is 5.73 Å². The van der Waals surface area contributed by atoms with Crippen molar-refractivity contribution in [2.45, 2.75) is 12.3 Å². The van der Waals surface area contributed by atoms with Crippen LogP contribution >= 0.6 is 0 Å². The minimum absolute atomic E-state index is 0.0309. The molecule has 8 nitrogen and oxygen atoms in total. The molecule has 0 spiro atoms. The zero-order valence-electron chi connectivity index (χ0n) is 19.5. The van der Waals surface area contributed by atoms with E-state index in [1.165, 1.54) is 7.11 Å². The molecule has 1 aliphatic rings. The van der Waals surface area contributed by atoms with Crippen LogP contribution in [0, 0.1) is 11.3 Å². The molecule has 0 saturated heterocycles. The van der Waals surface area contributed by atoms with Crippen LogP contribution < -0.4 is 29.4 Å². The maximum atomic E-state index is 12.5. The second-order valence-corrected chi connectivity index (χ2v) is 7.71. The largest absolute Gasteiger partial charge is 0.497 e. The molecule has 0 aromatic heterocycles. The minimum atomic E-state index is -0.558. The predicted octanol–water partition coefficient (Wildman–Crippen LogP) is 4.08. The van der Waals surface area contributed by atoms with Crippen LogP contribution in [-0.4, -0.2) is 27.3 Å². The molecule has 4 rings (SSSR count). The first-order chi connectivity index (χ1) is 17.0. The Kier molecular flexibility index (Phi) is 6.78. The molecule has 35 heavy (non-hydrogen) atoms. The van der Waals surface area contributed by atoms with Crippen LogP contribution in [0.2, 0.25) is 0 Å². The first kappa shape index (κ1) is 23.5. The lowest BCUT2D eigenvalue weighted by molar-refractivity contribution is -0.133. The van der Waals surface area contributed by atoms with Crippen molar-refractivity contribution in [3.63, 3.8) is 0 Å². The summed E-state index contributed by atoms with van der Waals surface area (Å²) in [5.74, 6) is 1.38. The molecule has 2 N–H and O–H groups in total. The molecule has 0 radical (unpaired) electrons. The van der Waals surface area contributed by atoms with E-state index < -0.39 is 11.9 Å². The molecule has 0 amide bonds. The van der Waals surface area contributed by atoms with Gasteiger partial charge in [0.2, 0.25) is 5.88 Å². The highest BCUT2D eigenvalue weighted by Crippen LogP contribution is 2.47. The molecular formula is C27H24N2O6. The zero-order valence-corrected chi connectivity index (χ0v) is 19.5. The highest BCUT2D eigenvalue weighted by Gasteiger charge is 2.33. The molecule has 8 heteroatoms. The van der Waals surface area contributed by atoms with Crippen LogP contribution in [0.4, 0.5) is 0 Å². The van der Waals surface area contributed by atoms with Crippen LogP contribution in [0.15, 0.2) is 72.1 Å². The summed E-state index contributed by atoms with van der Waals surface area (Å²) in [5.41, 5.74) is 8.53. The van der Waals surface area contributed by atoms with Crippen LogP contribution in [0.25, 0.3) is 0 Å². The number of carbonyl (C=O) groups excluding carboxylic acids is 1. The Morgan fingerprint density at radius 3 is 2.37 bits per heavy atom. The molecule has 0 fully saturated rings. The second kappa shape index (κ2) is 10.1. The van der Waals surface area contributed by atoms with E-state index in [1.54, 1.807) is 62.8 Å². The summed E-state index contributed by atoms with van der Waals surface area (Å²) >= 11 is 0. The Hall–Kier alpha value is -4.64. The van der Waals surface area contributed by atoms with Gasteiger partial charge in [0.1, 0.15) is 28.9 Å². The highest BCUT2D eigenvalue weighted by molar-refractivity contribution is 5.75. The number of carbonyl (C=O) groups is 1. The van der Waals surface area contributed by atoms with E-state index in [9.17, 15) is 10.1 Å². The summed E-state index contributed by atoms with van der Waals surface area (Å²) in [6, 6.07) is 19.7. The van der Waals surface area contributed by atoms with Crippen LogP contribution in [0.3, 0.4) is 0 Å². The number of esters is 1. The van der Waals surface area contributed by atoms with Crippen LogP contribution in [0.5, 0.6) is 28.7 Å². The van der Waals surface area contributed by atoms with Crippen molar-refractivity contribution >= 4 is 5.97 Å². The maximum absolute atomic E-state index is 12.5. The fourth-order valence-electron chi connectivity index (χ4n) is 4.04. The summed E-state index contributed by atoms with van der Waals surface area (Å²) in [5, 5.41) is 9.84. The SMILES string of the molecule is COc1ccc(CC(=O)Oc2ccc3c(c2)OC(N)=C(C#N)C3c2cccc(OC)c2OC)cc1. The topological polar surface area (TPSA) is 113 Å². The molecule has 3 aromatic carbocycles. The van der Waals surface area contributed by atoms with Gasteiger partial charge in [0.05, 0.1) is 33.7 Å². The van der Waals surface area contributed by atoms with Crippen molar-refractivity contribution in [3.05, 3.63) is 88.8 Å². The minimum Gasteiger partial charge on any atom is -0.497 e. The van der Waals surface area contributed by atoms with Crippen molar-refractivity contribution in [1.29, 1.82) is 5.26 Å². The van der Waals surface area contributed by atoms with Gasteiger partial charge in [0, 0.05) is 17.2 Å². The average molecular weight is 472 g/mol. The first-order valence-electron chi connectivity index (χ1n) is 10.7. The lowest BCUT2D eigenvalue weighted by atomic mass is 9.83. The summed E-state index contributed by atoms with van der Waals surface area (Å²) in [6.45, 7) is 0. The number of benzene rings is 3. The van der Waals surface area contributed by atoms with Crippen molar-refractivity contribution in [1.82, 2.24) is 0 Å². The van der Waals surface area contributed by atoms with Gasteiger partial charge < -0.3 is 29.4 Å². The third-order valence-corrected chi connectivity index (χ3v) is 5.67.